The molecule has 1 atom stereocenters. The van der Waals surface area contributed by atoms with E-state index < -0.39 is 0 Å². The molecule has 112 valence electrons. The highest BCUT2D eigenvalue weighted by Crippen LogP contribution is 2.37. The molecule has 1 N–H and O–H groups in total. The van der Waals surface area contributed by atoms with Crippen molar-refractivity contribution in [2.24, 2.45) is 11.8 Å². The summed E-state index contributed by atoms with van der Waals surface area (Å²) in [6.07, 6.45) is 4.96. The monoisotopic (exact) mass is 279 g/mol. The Labute approximate surface area is 120 Å². The zero-order valence-electron chi connectivity index (χ0n) is 12.5. The van der Waals surface area contributed by atoms with E-state index in [1.165, 1.54) is 25.7 Å². The van der Waals surface area contributed by atoms with Crippen molar-refractivity contribution in [1.29, 1.82) is 0 Å². The topological polar surface area (TPSA) is 60.2 Å². The van der Waals surface area contributed by atoms with Gasteiger partial charge in [0.2, 0.25) is 5.89 Å². The van der Waals surface area contributed by atoms with Crippen LogP contribution in [0.4, 0.5) is 0 Å². The quantitative estimate of drug-likeness (QED) is 0.921. The fourth-order valence-electron chi connectivity index (χ4n) is 3.32. The lowest BCUT2D eigenvalue weighted by Gasteiger charge is -2.29. The second kappa shape index (κ2) is 6.22. The maximum absolute atomic E-state index is 5.44. The van der Waals surface area contributed by atoms with E-state index >= 15 is 0 Å². The molecule has 5 heteroatoms. The molecule has 0 aromatic carbocycles. The first kappa shape index (κ1) is 14.0. The molecule has 2 heterocycles. The summed E-state index contributed by atoms with van der Waals surface area (Å²) in [4.78, 5) is 4.61. The van der Waals surface area contributed by atoms with Gasteiger partial charge in [-0.25, -0.2) is 0 Å². The standard InChI is InChI=1S/C15H25N3O2/c1-10(2)11-3-5-12(6-4-11)14-17-15(20-18-14)13-9-19-8-7-16-13/h10-13,16H,3-9H2,1-2H3. The lowest BCUT2D eigenvalue weighted by molar-refractivity contribution is 0.0659. The number of hydrogen-bond donors (Lipinski definition) is 1. The number of nitrogens with zero attached hydrogens (tertiary/aromatic N) is 2. The van der Waals surface area contributed by atoms with Gasteiger partial charge in [-0.15, -0.1) is 0 Å². The van der Waals surface area contributed by atoms with Gasteiger partial charge in [-0.1, -0.05) is 19.0 Å². The van der Waals surface area contributed by atoms with Gasteiger partial charge in [-0.3, -0.25) is 0 Å². The molecular weight excluding hydrogens is 254 g/mol. The first-order chi connectivity index (χ1) is 9.74. The van der Waals surface area contributed by atoms with E-state index in [4.69, 9.17) is 9.26 Å². The SMILES string of the molecule is CC(C)C1CCC(c2noc(C3COCCN3)n2)CC1. The molecule has 0 spiro atoms. The van der Waals surface area contributed by atoms with Crippen LogP contribution < -0.4 is 5.32 Å². The number of aromatic nitrogens is 2. The van der Waals surface area contributed by atoms with Crippen molar-refractivity contribution in [1.82, 2.24) is 15.5 Å². The second-order valence-electron chi connectivity index (χ2n) is 6.43. The van der Waals surface area contributed by atoms with Crippen molar-refractivity contribution in [3.63, 3.8) is 0 Å². The largest absolute Gasteiger partial charge is 0.378 e. The average Bonchev–Trinajstić information content (AvgIpc) is 2.98. The van der Waals surface area contributed by atoms with Gasteiger partial charge in [0.1, 0.15) is 6.04 Å². The highest BCUT2D eigenvalue weighted by atomic mass is 16.5. The molecule has 0 radical (unpaired) electrons. The molecule has 2 aliphatic rings. The van der Waals surface area contributed by atoms with Crippen LogP contribution in [0.1, 0.15) is 63.2 Å². The van der Waals surface area contributed by atoms with Gasteiger partial charge in [0, 0.05) is 12.5 Å². The van der Waals surface area contributed by atoms with E-state index in [-0.39, 0.29) is 6.04 Å². The van der Waals surface area contributed by atoms with Crippen molar-refractivity contribution < 1.29 is 9.26 Å². The molecule has 3 rings (SSSR count). The number of nitrogens with one attached hydrogen (secondary N) is 1. The lowest BCUT2D eigenvalue weighted by atomic mass is 9.77. The summed E-state index contributed by atoms with van der Waals surface area (Å²) in [5.74, 6) is 3.72. The first-order valence-corrected chi connectivity index (χ1v) is 7.88. The van der Waals surface area contributed by atoms with E-state index in [2.05, 4.69) is 29.3 Å². The molecule has 1 aliphatic carbocycles. The summed E-state index contributed by atoms with van der Waals surface area (Å²) in [6, 6.07) is 0.0667. The van der Waals surface area contributed by atoms with Gasteiger partial charge in [0.05, 0.1) is 13.2 Å². The van der Waals surface area contributed by atoms with Crippen molar-refractivity contribution in [2.75, 3.05) is 19.8 Å². The average molecular weight is 279 g/mol. The van der Waals surface area contributed by atoms with E-state index in [9.17, 15) is 0 Å². The molecule has 1 aromatic heterocycles. The maximum atomic E-state index is 5.44. The van der Waals surface area contributed by atoms with Crippen LogP contribution in [0.3, 0.4) is 0 Å². The molecule has 2 fully saturated rings. The summed E-state index contributed by atoms with van der Waals surface area (Å²) >= 11 is 0. The Hall–Kier alpha value is -0.940. The summed E-state index contributed by atoms with van der Waals surface area (Å²) in [6.45, 7) is 6.89. The predicted molar refractivity (Wildman–Crippen MR) is 75.4 cm³/mol. The predicted octanol–water partition coefficient (Wildman–Crippen LogP) is 2.66. The van der Waals surface area contributed by atoms with Gasteiger partial charge in [-0.2, -0.15) is 4.98 Å². The van der Waals surface area contributed by atoms with Crippen LogP contribution in [0, 0.1) is 11.8 Å². The normalized spacial score (nSPS) is 31.6. The molecule has 1 aliphatic heterocycles. The van der Waals surface area contributed by atoms with Crippen LogP contribution in [0.25, 0.3) is 0 Å². The Morgan fingerprint density at radius 1 is 1.20 bits per heavy atom. The fourth-order valence-corrected chi connectivity index (χ4v) is 3.32. The highest BCUT2D eigenvalue weighted by Gasteiger charge is 2.29. The van der Waals surface area contributed by atoms with Crippen molar-refractivity contribution in [3.05, 3.63) is 11.7 Å². The molecule has 1 saturated heterocycles. The summed E-state index contributed by atoms with van der Waals surface area (Å²) in [5, 5.41) is 7.56. The Balaban J connectivity index is 1.60. The molecule has 1 saturated carbocycles. The Kier molecular flexibility index (Phi) is 4.36. The third-order valence-electron chi connectivity index (χ3n) is 4.76. The van der Waals surface area contributed by atoms with E-state index in [0.29, 0.717) is 18.4 Å². The van der Waals surface area contributed by atoms with Gasteiger partial charge < -0.3 is 14.6 Å². The van der Waals surface area contributed by atoms with Crippen molar-refractivity contribution in [2.45, 2.75) is 51.5 Å². The van der Waals surface area contributed by atoms with Crippen LogP contribution in [-0.4, -0.2) is 29.9 Å². The first-order valence-electron chi connectivity index (χ1n) is 7.88. The van der Waals surface area contributed by atoms with Crippen LogP contribution in [0.2, 0.25) is 0 Å². The summed E-state index contributed by atoms with van der Waals surface area (Å²) in [5.41, 5.74) is 0. The number of rotatable bonds is 3. The minimum atomic E-state index is 0.0667. The van der Waals surface area contributed by atoms with Crippen LogP contribution in [-0.2, 0) is 4.74 Å². The smallest absolute Gasteiger partial charge is 0.246 e. The van der Waals surface area contributed by atoms with Crippen LogP contribution in [0.5, 0.6) is 0 Å². The number of ether oxygens (including phenoxy) is 1. The maximum Gasteiger partial charge on any atom is 0.246 e. The molecule has 1 aromatic rings. The zero-order chi connectivity index (χ0) is 13.9. The van der Waals surface area contributed by atoms with E-state index in [1.54, 1.807) is 0 Å². The van der Waals surface area contributed by atoms with Crippen LogP contribution >= 0.6 is 0 Å². The molecule has 1 unspecified atom stereocenters. The Morgan fingerprint density at radius 3 is 2.65 bits per heavy atom. The highest BCUT2D eigenvalue weighted by molar-refractivity contribution is 5.01. The Bertz CT molecular complexity index is 419. The lowest BCUT2D eigenvalue weighted by Crippen LogP contribution is -2.34. The minimum Gasteiger partial charge on any atom is -0.378 e. The van der Waals surface area contributed by atoms with E-state index in [0.717, 1.165) is 30.8 Å². The number of hydrogen-bond acceptors (Lipinski definition) is 5. The molecular formula is C15H25N3O2. The fraction of sp³-hybridized carbons (Fsp3) is 0.867. The Morgan fingerprint density at radius 2 is 2.00 bits per heavy atom. The van der Waals surface area contributed by atoms with Crippen molar-refractivity contribution in [3.8, 4) is 0 Å². The molecule has 0 bridgehead atoms. The van der Waals surface area contributed by atoms with Gasteiger partial charge in [-0.05, 0) is 37.5 Å². The minimum absolute atomic E-state index is 0.0667. The second-order valence-corrected chi connectivity index (χ2v) is 6.43. The zero-order valence-corrected chi connectivity index (χ0v) is 12.5. The summed E-state index contributed by atoms with van der Waals surface area (Å²) in [7, 11) is 0. The summed E-state index contributed by atoms with van der Waals surface area (Å²) < 4.78 is 10.9. The molecule has 20 heavy (non-hydrogen) atoms. The third-order valence-corrected chi connectivity index (χ3v) is 4.76. The molecule has 5 nitrogen and oxygen atoms in total. The van der Waals surface area contributed by atoms with Crippen LogP contribution in [0.15, 0.2) is 4.52 Å². The van der Waals surface area contributed by atoms with Gasteiger partial charge in [0.25, 0.3) is 0 Å². The molecule has 0 amide bonds. The number of morpholine rings is 1. The van der Waals surface area contributed by atoms with Gasteiger partial charge in [0.15, 0.2) is 5.82 Å². The third kappa shape index (κ3) is 3.04. The van der Waals surface area contributed by atoms with Gasteiger partial charge >= 0.3 is 0 Å². The van der Waals surface area contributed by atoms with E-state index in [1.807, 2.05) is 0 Å². The van der Waals surface area contributed by atoms with Crippen molar-refractivity contribution >= 4 is 0 Å².